The smallest absolute Gasteiger partial charge is 0.256 e. The quantitative estimate of drug-likeness (QED) is 0.591. The van der Waals surface area contributed by atoms with Crippen LogP contribution >= 0.6 is 23.2 Å². The summed E-state index contributed by atoms with van der Waals surface area (Å²) in [5, 5.41) is 8.93. The van der Waals surface area contributed by atoms with E-state index in [0.717, 1.165) is 0 Å². The molecule has 1 saturated heterocycles. The molecule has 2 aromatic heterocycles. The van der Waals surface area contributed by atoms with Crippen LogP contribution in [0.1, 0.15) is 22.2 Å². The van der Waals surface area contributed by atoms with E-state index in [9.17, 15) is 9.18 Å². The number of rotatable bonds is 3. The second kappa shape index (κ2) is 7.74. The van der Waals surface area contributed by atoms with Crippen molar-refractivity contribution in [2.45, 2.75) is 18.6 Å². The third kappa shape index (κ3) is 3.15. The van der Waals surface area contributed by atoms with Crippen LogP contribution in [0.3, 0.4) is 0 Å². The summed E-state index contributed by atoms with van der Waals surface area (Å²) in [4.78, 5) is 19.2. The predicted molar refractivity (Wildman–Crippen MR) is 110 cm³/mol. The third-order valence-corrected chi connectivity index (χ3v) is 6.31. The molecule has 11 heteroatoms. The maximum Gasteiger partial charge on any atom is 0.256 e. The fourth-order valence-electron chi connectivity index (χ4n) is 4.05. The maximum atomic E-state index is 14.8. The fraction of sp³-hybridized carbons (Fsp3) is 0.300. The van der Waals surface area contributed by atoms with Gasteiger partial charge in [0.1, 0.15) is 11.7 Å². The highest BCUT2D eigenvalue weighted by Gasteiger charge is 2.44. The van der Waals surface area contributed by atoms with Gasteiger partial charge in [0, 0.05) is 18.8 Å². The number of nitrogens with zero attached hydrogens (tertiary/aromatic N) is 5. The van der Waals surface area contributed by atoms with E-state index in [1.165, 1.54) is 19.4 Å². The molecule has 4 heterocycles. The van der Waals surface area contributed by atoms with Gasteiger partial charge in [-0.15, -0.1) is 10.2 Å². The zero-order chi connectivity index (χ0) is 21.7. The van der Waals surface area contributed by atoms with Crippen molar-refractivity contribution in [2.24, 2.45) is 0 Å². The first-order valence-electron chi connectivity index (χ1n) is 9.47. The van der Waals surface area contributed by atoms with Gasteiger partial charge in [-0.3, -0.25) is 4.79 Å². The summed E-state index contributed by atoms with van der Waals surface area (Å²) in [5.74, 6) is -0.0649. The number of benzene rings is 1. The van der Waals surface area contributed by atoms with E-state index in [4.69, 9.17) is 32.7 Å². The molecule has 0 unspecified atom stereocenters. The summed E-state index contributed by atoms with van der Waals surface area (Å²) in [5.41, 5.74) is 0.342. The van der Waals surface area contributed by atoms with Gasteiger partial charge in [-0.2, -0.15) is 0 Å². The largest absolute Gasteiger partial charge is 0.494 e. The summed E-state index contributed by atoms with van der Waals surface area (Å²) in [6.45, 7) is 0.856. The number of amides is 1. The number of hydrogen-bond acceptors (Lipinski definition) is 6. The Balaban J connectivity index is 1.57. The Morgan fingerprint density at radius 2 is 2.10 bits per heavy atom. The summed E-state index contributed by atoms with van der Waals surface area (Å²) < 4.78 is 27.4. The summed E-state index contributed by atoms with van der Waals surface area (Å²) in [6, 6.07) is 5.54. The summed E-state index contributed by atoms with van der Waals surface area (Å²) >= 11 is 12.4. The lowest BCUT2D eigenvalue weighted by atomic mass is 10.0. The first kappa shape index (κ1) is 20.2. The molecule has 0 saturated carbocycles. The molecule has 0 aliphatic carbocycles. The third-order valence-electron chi connectivity index (χ3n) is 5.49. The number of carbonyl (C=O) groups excluding carboxylic acids is 1. The molecule has 1 amide bonds. The number of morpholine rings is 1. The molecule has 2 aliphatic heterocycles. The van der Waals surface area contributed by atoms with Crippen LogP contribution in [0.5, 0.6) is 5.75 Å². The number of hydrogen-bond donors (Lipinski definition) is 0. The lowest BCUT2D eigenvalue weighted by molar-refractivity contribution is -0.0569. The van der Waals surface area contributed by atoms with Gasteiger partial charge in [0.2, 0.25) is 0 Å². The molecule has 2 atom stereocenters. The van der Waals surface area contributed by atoms with Crippen LogP contribution in [-0.2, 0) is 11.3 Å². The minimum Gasteiger partial charge on any atom is -0.494 e. The zero-order valence-corrected chi connectivity index (χ0v) is 17.8. The van der Waals surface area contributed by atoms with Crippen molar-refractivity contribution in [3.8, 4) is 17.3 Å². The number of carbonyl (C=O) groups is 1. The first-order valence-corrected chi connectivity index (χ1v) is 10.2. The lowest BCUT2D eigenvalue weighted by Gasteiger charge is -2.45. The first-order chi connectivity index (χ1) is 15.0. The molecule has 0 radical (unpaired) electrons. The normalized spacial score (nSPS) is 19.8. The summed E-state index contributed by atoms with van der Waals surface area (Å²) in [7, 11) is 1.38. The number of ether oxygens (including phenoxy) is 2. The monoisotopic (exact) mass is 463 g/mol. The standard InChI is InChI=1S/C20H16Cl2FN5O3/c1-30-14-5-6-24-17(16(14)23)19-26-25-18-13-9-31-8-10(7-27(18)19)28(13)20(29)11-3-2-4-12(21)15(11)22/h2-6,10,13H,7-9H2,1H3/t10-,13-/m1/s1. The molecule has 160 valence electrons. The molecule has 3 aromatic rings. The molecule has 2 bridgehead atoms. The van der Waals surface area contributed by atoms with E-state index in [0.29, 0.717) is 29.6 Å². The van der Waals surface area contributed by atoms with Gasteiger partial charge >= 0.3 is 0 Å². The Hall–Kier alpha value is -2.75. The Labute approximate surface area is 186 Å². The fourth-order valence-corrected chi connectivity index (χ4v) is 4.43. The highest BCUT2D eigenvalue weighted by Crippen LogP contribution is 2.38. The maximum absolute atomic E-state index is 14.8. The Morgan fingerprint density at radius 1 is 1.26 bits per heavy atom. The topological polar surface area (TPSA) is 82.4 Å². The van der Waals surface area contributed by atoms with Crippen molar-refractivity contribution in [1.82, 2.24) is 24.6 Å². The molecular weight excluding hydrogens is 448 g/mol. The van der Waals surface area contributed by atoms with Gasteiger partial charge in [-0.25, -0.2) is 9.37 Å². The van der Waals surface area contributed by atoms with Crippen molar-refractivity contribution < 1.29 is 18.7 Å². The molecule has 1 fully saturated rings. The Bertz CT molecular complexity index is 1190. The Morgan fingerprint density at radius 3 is 2.90 bits per heavy atom. The lowest BCUT2D eigenvalue weighted by Crippen LogP contribution is -2.56. The molecule has 0 spiro atoms. The van der Waals surface area contributed by atoms with Crippen molar-refractivity contribution in [2.75, 3.05) is 20.3 Å². The Kier molecular flexibility index (Phi) is 5.04. The molecule has 5 rings (SSSR count). The molecule has 8 nitrogen and oxygen atoms in total. The van der Waals surface area contributed by atoms with Gasteiger partial charge in [0.05, 0.1) is 42.0 Å². The highest BCUT2D eigenvalue weighted by atomic mass is 35.5. The number of fused-ring (bicyclic) bond motifs is 4. The van der Waals surface area contributed by atoms with Crippen LogP contribution < -0.4 is 4.74 Å². The van der Waals surface area contributed by atoms with Crippen molar-refractivity contribution >= 4 is 29.1 Å². The molecule has 0 N–H and O–H groups in total. The van der Waals surface area contributed by atoms with Crippen LogP contribution in [0.2, 0.25) is 10.0 Å². The molecule has 31 heavy (non-hydrogen) atoms. The second-order valence-corrected chi connectivity index (χ2v) is 7.97. The van der Waals surface area contributed by atoms with Crippen molar-refractivity contribution in [3.05, 3.63) is 57.7 Å². The summed E-state index contributed by atoms with van der Waals surface area (Å²) in [6.07, 6.45) is 1.45. The second-order valence-electron chi connectivity index (χ2n) is 7.19. The van der Waals surface area contributed by atoms with E-state index in [1.54, 1.807) is 27.7 Å². The molecular formula is C20H16Cl2FN5O3. The number of pyridine rings is 1. The van der Waals surface area contributed by atoms with Crippen LogP contribution in [0, 0.1) is 5.82 Å². The van der Waals surface area contributed by atoms with Gasteiger partial charge in [-0.1, -0.05) is 29.3 Å². The van der Waals surface area contributed by atoms with Crippen LogP contribution in [0.4, 0.5) is 4.39 Å². The van der Waals surface area contributed by atoms with Crippen LogP contribution in [0.15, 0.2) is 30.5 Å². The number of aromatic nitrogens is 4. The average Bonchev–Trinajstić information content (AvgIpc) is 3.18. The van der Waals surface area contributed by atoms with E-state index in [1.807, 2.05) is 0 Å². The number of methoxy groups -OCH3 is 1. The SMILES string of the molecule is COc1ccnc(-c2nnc3n2C[C@@H]2COC[C@H]3N2C(=O)c2cccc(Cl)c2Cl)c1F. The minimum atomic E-state index is -0.620. The molecule has 1 aromatic carbocycles. The van der Waals surface area contributed by atoms with Gasteiger partial charge < -0.3 is 18.9 Å². The zero-order valence-electron chi connectivity index (χ0n) is 16.3. The highest BCUT2D eigenvalue weighted by molar-refractivity contribution is 6.43. The van der Waals surface area contributed by atoms with E-state index in [-0.39, 0.29) is 40.8 Å². The van der Waals surface area contributed by atoms with Crippen molar-refractivity contribution in [3.63, 3.8) is 0 Å². The minimum absolute atomic E-state index is 0.0368. The predicted octanol–water partition coefficient (Wildman–Crippen LogP) is 3.39. The number of halogens is 3. The average molecular weight is 464 g/mol. The van der Waals surface area contributed by atoms with E-state index < -0.39 is 11.9 Å². The van der Waals surface area contributed by atoms with Gasteiger partial charge in [-0.05, 0) is 12.1 Å². The van der Waals surface area contributed by atoms with Crippen LogP contribution in [-0.4, -0.2) is 56.9 Å². The van der Waals surface area contributed by atoms with E-state index >= 15 is 0 Å². The van der Waals surface area contributed by atoms with E-state index in [2.05, 4.69) is 15.2 Å². The van der Waals surface area contributed by atoms with Gasteiger partial charge in [0.25, 0.3) is 5.91 Å². The van der Waals surface area contributed by atoms with Crippen LogP contribution in [0.25, 0.3) is 11.5 Å². The van der Waals surface area contributed by atoms with Gasteiger partial charge in [0.15, 0.2) is 23.2 Å². The van der Waals surface area contributed by atoms with Crippen molar-refractivity contribution in [1.29, 1.82) is 0 Å². The molecule has 2 aliphatic rings.